The summed E-state index contributed by atoms with van der Waals surface area (Å²) in [4.78, 5) is 12.1. The number of aryl methyl sites for hydroxylation is 1. The summed E-state index contributed by atoms with van der Waals surface area (Å²) in [7, 11) is 0. The van der Waals surface area contributed by atoms with Crippen molar-refractivity contribution in [1.82, 2.24) is 9.88 Å². The van der Waals surface area contributed by atoms with E-state index < -0.39 is 0 Å². The second-order valence-corrected chi connectivity index (χ2v) is 6.93. The SMILES string of the molecule is Cc1cc(CCNC(=O)c2cccc(Br)c2)c(C)n1C1CC1. The third kappa shape index (κ3) is 3.27. The van der Waals surface area contributed by atoms with Crippen molar-refractivity contribution in [1.29, 1.82) is 0 Å². The van der Waals surface area contributed by atoms with Crippen molar-refractivity contribution in [3.05, 3.63) is 57.3 Å². The highest BCUT2D eigenvalue weighted by molar-refractivity contribution is 9.10. The van der Waals surface area contributed by atoms with Gasteiger partial charge >= 0.3 is 0 Å². The number of aromatic nitrogens is 1. The van der Waals surface area contributed by atoms with E-state index in [-0.39, 0.29) is 5.91 Å². The van der Waals surface area contributed by atoms with Gasteiger partial charge in [0.25, 0.3) is 5.91 Å². The molecule has 1 aliphatic rings. The van der Waals surface area contributed by atoms with E-state index in [1.807, 2.05) is 24.3 Å². The molecule has 0 radical (unpaired) electrons. The molecular formula is C18H21BrN2O. The van der Waals surface area contributed by atoms with Crippen molar-refractivity contribution in [2.24, 2.45) is 0 Å². The third-order valence-corrected chi connectivity index (χ3v) is 4.76. The fourth-order valence-corrected chi connectivity index (χ4v) is 3.43. The quantitative estimate of drug-likeness (QED) is 0.852. The molecule has 0 atom stereocenters. The molecule has 1 fully saturated rings. The van der Waals surface area contributed by atoms with Crippen LogP contribution in [-0.2, 0) is 6.42 Å². The topological polar surface area (TPSA) is 34.0 Å². The van der Waals surface area contributed by atoms with E-state index in [1.54, 1.807) is 0 Å². The Kier molecular flexibility index (Phi) is 4.39. The van der Waals surface area contributed by atoms with Crippen LogP contribution in [0.25, 0.3) is 0 Å². The number of nitrogens with zero attached hydrogens (tertiary/aromatic N) is 1. The van der Waals surface area contributed by atoms with Crippen molar-refractivity contribution in [3.8, 4) is 0 Å². The molecule has 0 saturated heterocycles. The van der Waals surface area contributed by atoms with Crippen LogP contribution in [-0.4, -0.2) is 17.0 Å². The molecular weight excluding hydrogens is 340 g/mol. The van der Waals surface area contributed by atoms with Gasteiger partial charge in [-0.25, -0.2) is 0 Å². The molecule has 1 N–H and O–H groups in total. The first kappa shape index (κ1) is 15.3. The maximum absolute atomic E-state index is 12.1. The van der Waals surface area contributed by atoms with Gasteiger partial charge in [-0.2, -0.15) is 0 Å². The summed E-state index contributed by atoms with van der Waals surface area (Å²) < 4.78 is 3.37. The zero-order chi connectivity index (χ0) is 15.7. The maximum Gasteiger partial charge on any atom is 0.251 e. The molecule has 0 unspecified atom stereocenters. The van der Waals surface area contributed by atoms with E-state index >= 15 is 0 Å². The highest BCUT2D eigenvalue weighted by Gasteiger charge is 2.26. The standard InChI is InChI=1S/C18H21BrN2O/c1-12-10-14(13(2)21(12)17-6-7-17)8-9-20-18(22)15-4-3-5-16(19)11-15/h3-5,10-11,17H,6-9H2,1-2H3,(H,20,22). The van der Waals surface area contributed by atoms with Crippen LogP contribution < -0.4 is 5.32 Å². The summed E-state index contributed by atoms with van der Waals surface area (Å²) in [5.41, 5.74) is 4.74. The predicted molar refractivity (Wildman–Crippen MR) is 92.4 cm³/mol. The van der Waals surface area contributed by atoms with Gasteiger partial charge in [0.1, 0.15) is 0 Å². The zero-order valence-electron chi connectivity index (χ0n) is 13.0. The number of nitrogens with one attached hydrogen (secondary N) is 1. The smallest absolute Gasteiger partial charge is 0.251 e. The molecule has 1 amide bonds. The number of hydrogen-bond acceptors (Lipinski definition) is 1. The summed E-state index contributed by atoms with van der Waals surface area (Å²) >= 11 is 3.39. The van der Waals surface area contributed by atoms with Gasteiger partial charge in [0.15, 0.2) is 0 Å². The van der Waals surface area contributed by atoms with Crippen LogP contribution in [0, 0.1) is 13.8 Å². The minimum atomic E-state index is -0.0164. The van der Waals surface area contributed by atoms with E-state index in [4.69, 9.17) is 0 Å². The Morgan fingerprint density at radius 2 is 2.09 bits per heavy atom. The van der Waals surface area contributed by atoms with Crippen molar-refractivity contribution >= 4 is 21.8 Å². The van der Waals surface area contributed by atoms with Crippen LogP contribution >= 0.6 is 15.9 Å². The average Bonchev–Trinajstić information content (AvgIpc) is 3.26. The van der Waals surface area contributed by atoms with Crippen molar-refractivity contribution in [2.75, 3.05) is 6.54 Å². The summed E-state index contributed by atoms with van der Waals surface area (Å²) in [6, 6.07) is 10.4. The number of amides is 1. The predicted octanol–water partition coefficient (Wildman–Crippen LogP) is 4.17. The van der Waals surface area contributed by atoms with Crippen LogP contribution in [0.5, 0.6) is 0 Å². The molecule has 116 valence electrons. The molecule has 22 heavy (non-hydrogen) atoms. The highest BCUT2D eigenvalue weighted by atomic mass is 79.9. The lowest BCUT2D eigenvalue weighted by Crippen LogP contribution is -2.25. The van der Waals surface area contributed by atoms with Gasteiger partial charge in [0.2, 0.25) is 0 Å². The highest BCUT2D eigenvalue weighted by Crippen LogP contribution is 2.38. The molecule has 0 bridgehead atoms. The van der Waals surface area contributed by atoms with Crippen molar-refractivity contribution in [3.63, 3.8) is 0 Å². The Morgan fingerprint density at radius 1 is 1.32 bits per heavy atom. The maximum atomic E-state index is 12.1. The van der Waals surface area contributed by atoms with Crippen LogP contribution in [0.1, 0.15) is 46.2 Å². The third-order valence-electron chi connectivity index (χ3n) is 4.27. The molecule has 1 saturated carbocycles. The molecule has 1 aromatic carbocycles. The van der Waals surface area contributed by atoms with Crippen LogP contribution in [0.15, 0.2) is 34.8 Å². The fourth-order valence-electron chi connectivity index (χ4n) is 3.04. The summed E-state index contributed by atoms with van der Waals surface area (Å²) in [6.45, 7) is 5.03. The number of rotatable bonds is 5. The van der Waals surface area contributed by atoms with Gasteiger partial charge in [0, 0.05) is 34.0 Å². The fraction of sp³-hybridized carbons (Fsp3) is 0.389. The minimum Gasteiger partial charge on any atom is -0.352 e. The van der Waals surface area contributed by atoms with Crippen molar-refractivity contribution in [2.45, 2.75) is 39.2 Å². The van der Waals surface area contributed by atoms with E-state index in [1.165, 1.54) is 29.8 Å². The molecule has 1 aromatic heterocycles. The summed E-state index contributed by atoms with van der Waals surface area (Å²) in [6.07, 6.45) is 3.48. The van der Waals surface area contributed by atoms with Gasteiger partial charge in [-0.3, -0.25) is 4.79 Å². The van der Waals surface area contributed by atoms with Crippen LogP contribution in [0.2, 0.25) is 0 Å². The lowest BCUT2D eigenvalue weighted by molar-refractivity contribution is 0.0954. The molecule has 4 heteroatoms. The van der Waals surface area contributed by atoms with Gasteiger partial charge in [-0.05, 0) is 62.9 Å². The molecule has 0 aliphatic heterocycles. The van der Waals surface area contributed by atoms with Gasteiger partial charge in [-0.15, -0.1) is 0 Å². The first-order chi connectivity index (χ1) is 10.6. The van der Waals surface area contributed by atoms with Crippen molar-refractivity contribution < 1.29 is 4.79 Å². The van der Waals surface area contributed by atoms with Gasteiger partial charge in [0.05, 0.1) is 0 Å². The number of carbonyl (C=O) groups is 1. The Bertz CT molecular complexity index is 701. The monoisotopic (exact) mass is 360 g/mol. The normalized spacial score (nSPS) is 14.1. The van der Waals surface area contributed by atoms with E-state index in [0.717, 1.165) is 10.9 Å². The lowest BCUT2D eigenvalue weighted by Gasteiger charge is -2.08. The summed E-state index contributed by atoms with van der Waals surface area (Å²) in [5, 5.41) is 3.01. The average molecular weight is 361 g/mol. The van der Waals surface area contributed by atoms with E-state index in [0.29, 0.717) is 18.2 Å². The van der Waals surface area contributed by atoms with Crippen LogP contribution in [0.3, 0.4) is 0 Å². The second-order valence-electron chi connectivity index (χ2n) is 6.01. The van der Waals surface area contributed by atoms with Crippen LogP contribution in [0.4, 0.5) is 0 Å². The first-order valence-corrected chi connectivity index (χ1v) is 8.56. The Morgan fingerprint density at radius 3 is 2.77 bits per heavy atom. The molecule has 2 aromatic rings. The Balaban J connectivity index is 1.59. The molecule has 1 heterocycles. The Hall–Kier alpha value is -1.55. The Labute approximate surface area is 139 Å². The second kappa shape index (κ2) is 6.29. The van der Waals surface area contributed by atoms with Gasteiger partial charge in [-0.1, -0.05) is 22.0 Å². The molecule has 0 spiro atoms. The number of hydrogen-bond donors (Lipinski definition) is 1. The summed E-state index contributed by atoms with van der Waals surface area (Å²) in [5.74, 6) is -0.0164. The first-order valence-electron chi connectivity index (χ1n) is 7.77. The van der Waals surface area contributed by atoms with Gasteiger partial charge < -0.3 is 9.88 Å². The minimum absolute atomic E-state index is 0.0164. The number of halogens is 1. The van der Waals surface area contributed by atoms with E-state index in [9.17, 15) is 4.79 Å². The lowest BCUT2D eigenvalue weighted by atomic mass is 10.1. The molecule has 1 aliphatic carbocycles. The molecule has 3 nitrogen and oxygen atoms in total. The number of carbonyl (C=O) groups excluding carboxylic acids is 1. The zero-order valence-corrected chi connectivity index (χ0v) is 14.6. The van der Waals surface area contributed by atoms with E-state index in [2.05, 4.69) is 45.7 Å². The molecule has 3 rings (SSSR count). The largest absolute Gasteiger partial charge is 0.352 e. The number of benzene rings is 1.